The van der Waals surface area contributed by atoms with E-state index < -0.39 is 46.8 Å². The molecule has 0 bridgehead atoms. The van der Waals surface area contributed by atoms with Crippen molar-refractivity contribution in [2.75, 3.05) is 73.6 Å². The normalized spacial score (nSPS) is 25.6. The molecule has 4 aromatic carbocycles. The molecule has 616 valence electrons. The van der Waals surface area contributed by atoms with E-state index in [1.165, 1.54) is 0 Å². The fourth-order valence-corrected chi connectivity index (χ4v) is 21.3. The molecule has 4 saturated carbocycles. The summed E-state index contributed by atoms with van der Waals surface area (Å²) in [4.78, 5) is 46.5. The molecule has 118 heavy (non-hydrogen) atoms. The van der Waals surface area contributed by atoms with Gasteiger partial charge >= 0.3 is 0 Å². The summed E-state index contributed by atoms with van der Waals surface area (Å²) in [7, 11) is 6.52. The molecule has 6 fully saturated rings. The molecule has 29 nitrogen and oxygen atoms in total. The lowest BCUT2D eigenvalue weighted by molar-refractivity contribution is -0.180. The smallest absolute Gasteiger partial charge is 0.225 e. The second-order valence-corrected chi connectivity index (χ2v) is 35.1. The Morgan fingerprint density at radius 2 is 1.18 bits per heavy atom. The summed E-state index contributed by atoms with van der Waals surface area (Å²) in [6, 6.07) is 31.6. The number of aromatic nitrogens is 10. The fraction of sp³-hybridized carbons (Fsp3) is 0.448. The Morgan fingerprint density at radius 1 is 0.610 bits per heavy atom. The molecule has 8 aromatic heterocycles. The first kappa shape index (κ1) is 78.7. The predicted molar refractivity (Wildman–Crippen MR) is 449 cm³/mol. The molecule has 2 saturated heterocycles. The highest BCUT2D eigenvalue weighted by atomic mass is 32.1. The number of hydrogen-bond acceptors (Lipinski definition) is 31. The molecule has 13 atom stereocenters. The van der Waals surface area contributed by atoms with Crippen LogP contribution in [0.15, 0.2) is 112 Å². The van der Waals surface area contributed by atoms with Crippen LogP contribution in [0.4, 0.5) is 35.3 Å². The Balaban J connectivity index is 0.629. The van der Waals surface area contributed by atoms with Crippen LogP contribution in [0.25, 0.3) is 63.9 Å². The van der Waals surface area contributed by atoms with Gasteiger partial charge in [0.15, 0.2) is 28.6 Å². The van der Waals surface area contributed by atoms with Gasteiger partial charge in [-0.2, -0.15) is 15.0 Å². The number of anilines is 6. The summed E-state index contributed by atoms with van der Waals surface area (Å²) in [5.74, 6) is 3.97. The van der Waals surface area contributed by atoms with Crippen molar-refractivity contribution in [3.05, 3.63) is 154 Å². The third-order valence-corrected chi connectivity index (χ3v) is 26.8. The van der Waals surface area contributed by atoms with Gasteiger partial charge in [-0.1, -0.05) is 43.3 Å². The van der Waals surface area contributed by atoms with Gasteiger partial charge < -0.3 is 94.1 Å². The number of methoxy groups -OCH3 is 4. The van der Waals surface area contributed by atoms with Crippen molar-refractivity contribution in [1.82, 2.24) is 50.0 Å². The molecule has 10 heterocycles. The number of rotatable bonds is 29. The lowest BCUT2D eigenvalue weighted by atomic mass is 9.80. The number of aliphatic hydroxyl groups excluding tert-OH is 3. The highest BCUT2D eigenvalue weighted by Gasteiger charge is 2.72. The first-order valence-electron chi connectivity index (χ1n) is 40.2. The zero-order valence-electron chi connectivity index (χ0n) is 68.2. The Morgan fingerprint density at radius 3 is 1.80 bits per heavy atom. The van der Waals surface area contributed by atoms with Crippen molar-refractivity contribution < 1.29 is 62.2 Å². The molecule has 18 rings (SSSR count). The zero-order chi connectivity index (χ0) is 81.9. The van der Waals surface area contributed by atoms with E-state index in [2.05, 4.69) is 75.2 Å². The highest BCUT2D eigenvalue weighted by Crippen LogP contribution is 2.70. The summed E-state index contributed by atoms with van der Waals surface area (Å²) < 4.78 is 64.5. The molecule has 0 amide bonds. The summed E-state index contributed by atoms with van der Waals surface area (Å²) in [6.07, 6.45) is 4.28. The van der Waals surface area contributed by atoms with Gasteiger partial charge in [-0.15, -0.1) is 22.7 Å². The van der Waals surface area contributed by atoms with Gasteiger partial charge in [0.1, 0.15) is 79.9 Å². The van der Waals surface area contributed by atoms with Gasteiger partial charge in [0, 0.05) is 85.3 Å². The molecule has 31 heteroatoms. The molecule has 0 spiro atoms. The van der Waals surface area contributed by atoms with Crippen molar-refractivity contribution in [2.45, 2.75) is 180 Å². The van der Waals surface area contributed by atoms with E-state index >= 15 is 0 Å². The molecular formula is C87H98N16O13S2. The number of nitrogens with zero attached hydrogens (tertiary/aromatic N) is 10. The van der Waals surface area contributed by atoms with Crippen molar-refractivity contribution in [1.29, 1.82) is 0 Å². The lowest BCUT2D eigenvalue weighted by Crippen LogP contribution is -2.46. The number of ether oxygens (including phenoxy) is 8. The van der Waals surface area contributed by atoms with Crippen LogP contribution >= 0.6 is 22.7 Å². The maximum absolute atomic E-state index is 12.2. The average molecular weight is 1640 g/mol. The maximum Gasteiger partial charge on any atom is 0.225 e. The van der Waals surface area contributed by atoms with Gasteiger partial charge in [0.25, 0.3) is 0 Å². The Kier molecular flexibility index (Phi) is 20.5. The third kappa shape index (κ3) is 14.5. The van der Waals surface area contributed by atoms with Crippen molar-refractivity contribution in [2.24, 2.45) is 29.1 Å². The van der Waals surface area contributed by atoms with Crippen LogP contribution in [-0.2, 0) is 45.0 Å². The van der Waals surface area contributed by atoms with E-state index in [4.69, 9.17) is 91.7 Å². The number of benzene rings is 4. The Labute approximate surface area is 690 Å². The fourth-order valence-electron chi connectivity index (χ4n) is 19.1. The number of aryl methyl sites for hydroxylation is 4. The zero-order valence-corrected chi connectivity index (χ0v) is 69.8. The van der Waals surface area contributed by atoms with Gasteiger partial charge in [0.05, 0.1) is 101 Å². The van der Waals surface area contributed by atoms with Crippen molar-refractivity contribution in [3.8, 4) is 55.5 Å². The minimum absolute atomic E-state index is 0.00512. The monoisotopic (exact) mass is 1640 g/mol. The van der Waals surface area contributed by atoms with Gasteiger partial charge in [-0.05, 0) is 176 Å². The third-order valence-electron chi connectivity index (χ3n) is 24.8. The minimum atomic E-state index is -1.22. The minimum Gasteiger partial charge on any atom is -0.497 e. The van der Waals surface area contributed by atoms with E-state index in [1.807, 2.05) is 121 Å². The maximum atomic E-state index is 12.2. The Bertz CT molecular complexity index is 5750. The van der Waals surface area contributed by atoms with Crippen LogP contribution in [-0.4, -0.2) is 154 Å². The number of thiazole rings is 2. The number of fused-ring (bicyclic) bond motifs is 6. The van der Waals surface area contributed by atoms with E-state index in [0.29, 0.717) is 168 Å². The summed E-state index contributed by atoms with van der Waals surface area (Å²) in [5, 5.41) is 62.2. The average Bonchev–Trinajstić information content (AvgIpc) is 1.51. The highest BCUT2D eigenvalue weighted by molar-refractivity contribution is 7.22. The standard InChI is InChI=1S/C87H98N16O13S2/c1-43(62-30-54-31-64(111-65(54)40-88-62)68-46(4)92-82(91-39-55-25-44(2)114-103-55)99-76(68)101-86-23-21-52(41-104)73(86)112-83(7,8)115-86)35-85-45(3)63(34-60(85)72(85)106)95-75-69(47(5)93-80(98-75)89-37-49-26-56(107-10)32-57(27-49)108-11)79-97-71-51(17-16-20-67(71)118-79)36-84(9)113-74-53(42-105)22-24-87(74,116-84)102-77-70(78-96-61-18-14-15-19-66(61)117-78)48(6)94-81(100-77)90-38-50-28-58(109-12)33-59(29-50)110-13/h14-20,25-33,40,43,45,52-53,60,63,72-74,104-106H,21-24,34-39,41-42H2,1-13H3,(H2,89,93,95,98)(H2,90,94,100,102)(H2,91,92,99,101). The second-order valence-electron chi connectivity index (χ2n) is 33.1. The van der Waals surface area contributed by atoms with Gasteiger partial charge in [0.2, 0.25) is 17.8 Å². The van der Waals surface area contributed by atoms with Gasteiger partial charge in [-0.3, -0.25) is 4.98 Å². The molecular weight excluding hydrogens is 1540 g/mol. The number of hydrogen-bond donors (Lipinski definition) is 9. The molecule has 13 unspecified atom stereocenters. The first-order valence-corrected chi connectivity index (χ1v) is 41.9. The molecule has 6 aliphatic rings. The Hall–Kier alpha value is -10.5. The van der Waals surface area contributed by atoms with Crippen molar-refractivity contribution >= 4 is 89.4 Å². The summed E-state index contributed by atoms with van der Waals surface area (Å²) in [6.45, 7) is 18.8. The van der Waals surface area contributed by atoms with Crippen LogP contribution in [0.1, 0.15) is 130 Å². The summed E-state index contributed by atoms with van der Waals surface area (Å²) in [5.41, 5.74) is 8.12. The van der Waals surface area contributed by atoms with Crippen LogP contribution in [0.3, 0.4) is 0 Å². The SMILES string of the molecule is COc1cc(CNc2nc(C)c(-c3nc4ccccc4s3)c(NC34CCC(CO)C3OC(C)(Cc3cccc5sc(-c6c(C)nc(NCc7cc(OC)cc(OC)c7)nc6NC6CC7C(O)C7(CC(C)c7cc8cc(-c9c(C)nc(NCc%10cc(C)on%10)nc9NC9%10CCC(CO)C9OC(C)(C)O%10)oc8cn7)C6C)nc35)O4)n2)cc(OC)c1. The molecule has 9 N–H and O–H groups in total. The first-order chi connectivity index (χ1) is 56.9. The predicted octanol–water partition coefficient (Wildman–Crippen LogP) is 15.0. The van der Waals surface area contributed by atoms with E-state index in [9.17, 15) is 15.3 Å². The molecule has 0 radical (unpaired) electrons. The number of aliphatic hydroxyl groups is 3. The van der Waals surface area contributed by atoms with Gasteiger partial charge in [-0.25, -0.2) is 24.9 Å². The van der Waals surface area contributed by atoms with Crippen LogP contribution in [0.2, 0.25) is 0 Å². The van der Waals surface area contributed by atoms with Crippen LogP contribution in [0, 0.1) is 56.8 Å². The number of pyridine rings is 1. The summed E-state index contributed by atoms with van der Waals surface area (Å²) >= 11 is 3.13. The van der Waals surface area contributed by atoms with Crippen LogP contribution in [0.5, 0.6) is 23.0 Å². The largest absolute Gasteiger partial charge is 0.497 e. The lowest BCUT2D eigenvalue weighted by Gasteiger charge is -2.32. The number of para-hydroxylation sites is 2. The molecule has 4 aliphatic carbocycles. The van der Waals surface area contributed by atoms with Crippen molar-refractivity contribution in [3.63, 3.8) is 0 Å². The number of furan rings is 1. The molecule has 2 aliphatic heterocycles. The van der Waals surface area contributed by atoms with Crippen LogP contribution < -0.4 is 50.8 Å². The quantitative estimate of drug-likeness (QED) is 0.0210. The number of nitrogens with one attached hydrogen (secondary N) is 6. The van der Waals surface area contributed by atoms with E-state index in [0.717, 1.165) is 69.3 Å². The molecule has 12 aromatic rings. The van der Waals surface area contributed by atoms with E-state index in [1.54, 1.807) is 57.3 Å². The second kappa shape index (κ2) is 30.7. The topological polar surface area (TPSA) is 362 Å². The van der Waals surface area contributed by atoms with E-state index in [-0.39, 0.29) is 48.8 Å².